The van der Waals surface area contributed by atoms with Crippen LogP contribution in [0.4, 0.5) is 5.00 Å². The summed E-state index contributed by atoms with van der Waals surface area (Å²) in [5.41, 5.74) is 9.19. The number of fused-ring (bicyclic) bond motifs is 1. The van der Waals surface area contributed by atoms with E-state index >= 15 is 0 Å². The molecule has 29 heavy (non-hydrogen) atoms. The van der Waals surface area contributed by atoms with E-state index in [1.165, 1.54) is 18.2 Å². The lowest BCUT2D eigenvalue weighted by Gasteiger charge is -2.16. The highest BCUT2D eigenvalue weighted by molar-refractivity contribution is 7.18. The highest BCUT2D eigenvalue weighted by atomic mass is 32.1. The Morgan fingerprint density at radius 2 is 1.83 bits per heavy atom. The molecule has 0 saturated carbocycles. The molecule has 2 aromatic rings. The highest BCUT2D eigenvalue weighted by Gasteiger charge is 2.27. The largest absolute Gasteiger partial charge is 0.462 e. The maximum Gasteiger partial charge on any atom is 0.341 e. The maximum absolute atomic E-state index is 12.6. The number of nitrogen functional groups attached to an aromatic ring is 1. The van der Waals surface area contributed by atoms with E-state index in [1.54, 1.807) is 13.0 Å². The van der Waals surface area contributed by atoms with Gasteiger partial charge in [-0.05, 0) is 55.9 Å². The van der Waals surface area contributed by atoms with Crippen molar-refractivity contribution in [2.45, 2.75) is 39.2 Å². The zero-order valence-electron chi connectivity index (χ0n) is 16.5. The molecule has 0 saturated heterocycles. The van der Waals surface area contributed by atoms with Gasteiger partial charge in [0.1, 0.15) is 22.0 Å². The first kappa shape index (κ1) is 20.9. The number of hydrogen-bond acceptors (Lipinski definition) is 7. The topological polar surface area (TPSA) is 108 Å². The van der Waals surface area contributed by atoms with E-state index in [0.717, 1.165) is 37.0 Å². The van der Waals surface area contributed by atoms with Crippen molar-refractivity contribution in [1.82, 2.24) is 5.32 Å². The van der Waals surface area contributed by atoms with Crippen LogP contribution < -0.4 is 11.1 Å². The second-order valence-corrected chi connectivity index (χ2v) is 7.77. The summed E-state index contributed by atoms with van der Waals surface area (Å²) < 4.78 is 10.5. The minimum Gasteiger partial charge on any atom is -0.462 e. The molecule has 0 atom stereocenters. The molecule has 3 rings (SSSR count). The summed E-state index contributed by atoms with van der Waals surface area (Å²) >= 11 is 0.968. The average molecular weight is 416 g/mol. The number of amides is 1. The lowest BCUT2D eigenvalue weighted by atomic mass is 9.90. The first-order chi connectivity index (χ1) is 14.0. The predicted molar refractivity (Wildman–Crippen MR) is 110 cm³/mol. The van der Waals surface area contributed by atoms with Crippen LogP contribution in [-0.2, 0) is 28.9 Å². The third-order valence-corrected chi connectivity index (χ3v) is 5.94. The minimum absolute atomic E-state index is 0.0775. The van der Waals surface area contributed by atoms with Crippen molar-refractivity contribution in [2.24, 2.45) is 0 Å². The molecule has 0 fully saturated rings. The van der Waals surface area contributed by atoms with Gasteiger partial charge in [-0.3, -0.25) is 4.79 Å². The van der Waals surface area contributed by atoms with Gasteiger partial charge in [0.2, 0.25) is 0 Å². The van der Waals surface area contributed by atoms with Crippen LogP contribution >= 0.6 is 11.3 Å². The van der Waals surface area contributed by atoms with Crippen LogP contribution in [0.5, 0.6) is 0 Å². The molecule has 0 unspecified atom stereocenters. The summed E-state index contributed by atoms with van der Waals surface area (Å²) in [6.07, 6.45) is 4.25. The fraction of sp³-hybridized carbons (Fsp3) is 0.381. The van der Waals surface area contributed by atoms with E-state index in [4.69, 9.17) is 15.2 Å². The van der Waals surface area contributed by atoms with Gasteiger partial charge >= 0.3 is 11.9 Å². The van der Waals surface area contributed by atoms with Crippen molar-refractivity contribution in [3.05, 3.63) is 50.9 Å². The van der Waals surface area contributed by atoms with Crippen molar-refractivity contribution in [2.75, 3.05) is 19.4 Å². The standard InChI is InChI=1S/C21H24N2O5S/c1-3-27-21(26)16-15(17(19(24)23-2)29-18(16)22)11-28-20(25)14-9-8-12-6-4-5-7-13(12)10-14/h8-10H,3-7,11,22H2,1-2H3,(H,23,24). The van der Waals surface area contributed by atoms with Gasteiger partial charge in [-0.15, -0.1) is 11.3 Å². The van der Waals surface area contributed by atoms with Crippen LogP contribution in [-0.4, -0.2) is 31.5 Å². The van der Waals surface area contributed by atoms with Gasteiger partial charge in [-0.1, -0.05) is 6.07 Å². The van der Waals surface area contributed by atoms with Crippen molar-refractivity contribution in [1.29, 1.82) is 0 Å². The van der Waals surface area contributed by atoms with E-state index < -0.39 is 17.8 Å². The van der Waals surface area contributed by atoms with Crippen molar-refractivity contribution < 1.29 is 23.9 Å². The van der Waals surface area contributed by atoms with Crippen LogP contribution in [0.25, 0.3) is 0 Å². The lowest BCUT2D eigenvalue weighted by Crippen LogP contribution is -2.20. The van der Waals surface area contributed by atoms with Crippen molar-refractivity contribution >= 4 is 34.2 Å². The minimum atomic E-state index is -0.642. The molecule has 0 bridgehead atoms. The molecule has 3 N–H and O–H groups in total. The fourth-order valence-corrected chi connectivity index (χ4v) is 4.44. The zero-order chi connectivity index (χ0) is 21.0. The zero-order valence-corrected chi connectivity index (χ0v) is 17.3. The predicted octanol–water partition coefficient (Wildman–Crippen LogP) is 3.10. The number of rotatable bonds is 6. The normalized spacial score (nSPS) is 12.8. The number of thiophene rings is 1. The van der Waals surface area contributed by atoms with Crippen LogP contribution in [0.3, 0.4) is 0 Å². The van der Waals surface area contributed by atoms with Gasteiger partial charge in [0.25, 0.3) is 5.91 Å². The second kappa shape index (κ2) is 9.09. The van der Waals surface area contributed by atoms with Gasteiger partial charge in [0.05, 0.1) is 12.2 Å². The summed E-state index contributed by atoms with van der Waals surface area (Å²) in [5, 5.41) is 2.66. The first-order valence-electron chi connectivity index (χ1n) is 9.55. The Labute approximate surface area is 173 Å². The Bertz CT molecular complexity index is 951. The fourth-order valence-electron chi connectivity index (χ4n) is 3.43. The van der Waals surface area contributed by atoms with E-state index in [1.807, 2.05) is 12.1 Å². The number of nitrogens with two attached hydrogens (primary N) is 1. The molecular formula is C21H24N2O5S. The Kier molecular flexibility index (Phi) is 6.53. The number of anilines is 1. The molecule has 0 spiro atoms. The monoisotopic (exact) mass is 416 g/mol. The molecule has 1 amide bonds. The summed E-state index contributed by atoms with van der Waals surface area (Å²) in [4.78, 5) is 37.4. The third kappa shape index (κ3) is 4.42. The number of ether oxygens (including phenoxy) is 2. The molecule has 1 heterocycles. The molecule has 1 aromatic carbocycles. The molecule has 7 nitrogen and oxygen atoms in total. The molecule has 0 radical (unpaired) electrons. The summed E-state index contributed by atoms with van der Waals surface area (Å²) in [7, 11) is 1.48. The molecule has 0 aliphatic heterocycles. The Morgan fingerprint density at radius 3 is 2.52 bits per heavy atom. The Hall–Kier alpha value is -2.87. The number of aryl methyl sites for hydroxylation is 2. The summed E-state index contributed by atoms with van der Waals surface area (Å²) in [6, 6.07) is 5.58. The summed E-state index contributed by atoms with van der Waals surface area (Å²) in [6.45, 7) is 1.59. The Balaban J connectivity index is 1.84. The van der Waals surface area contributed by atoms with E-state index in [0.29, 0.717) is 5.56 Å². The number of esters is 2. The van der Waals surface area contributed by atoms with Gasteiger partial charge in [0, 0.05) is 12.6 Å². The molecule has 1 aliphatic carbocycles. The average Bonchev–Trinajstić information content (AvgIpc) is 3.07. The number of hydrogen-bond donors (Lipinski definition) is 2. The van der Waals surface area contributed by atoms with Crippen molar-refractivity contribution in [3.8, 4) is 0 Å². The maximum atomic E-state index is 12.6. The summed E-state index contributed by atoms with van der Waals surface area (Å²) in [5.74, 6) is -1.56. The SMILES string of the molecule is CCOC(=O)c1c(N)sc(C(=O)NC)c1COC(=O)c1ccc2c(c1)CCCC2. The van der Waals surface area contributed by atoms with Crippen LogP contribution in [0.15, 0.2) is 18.2 Å². The Morgan fingerprint density at radius 1 is 1.10 bits per heavy atom. The number of nitrogens with one attached hydrogen (secondary N) is 1. The molecule has 154 valence electrons. The van der Waals surface area contributed by atoms with Gasteiger partial charge in [0.15, 0.2) is 0 Å². The van der Waals surface area contributed by atoms with Gasteiger partial charge in [-0.2, -0.15) is 0 Å². The van der Waals surface area contributed by atoms with E-state index in [-0.39, 0.29) is 34.2 Å². The quantitative estimate of drug-likeness (QED) is 0.701. The number of carbonyl (C=O) groups excluding carboxylic acids is 3. The number of carbonyl (C=O) groups is 3. The first-order valence-corrected chi connectivity index (χ1v) is 10.4. The second-order valence-electron chi connectivity index (χ2n) is 6.72. The number of benzene rings is 1. The lowest BCUT2D eigenvalue weighted by molar-refractivity contribution is 0.0449. The van der Waals surface area contributed by atoms with Crippen LogP contribution in [0.2, 0.25) is 0 Å². The molecule has 1 aliphatic rings. The van der Waals surface area contributed by atoms with Crippen molar-refractivity contribution in [3.63, 3.8) is 0 Å². The van der Waals surface area contributed by atoms with Gasteiger partial charge < -0.3 is 20.5 Å². The molecule has 1 aromatic heterocycles. The van der Waals surface area contributed by atoms with E-state index in [2.05, 4.69) is 5.32 Å². The van der Waals surface area contributed by atoms with Crippen LogP contribution in [0, 0.1) is 0 Å². The molecule has 8 heteroatoms. The van der Waals surface area contributed by atoms with Gasteiger partial charge in [-0.25, -0.2) is 9.59 Å². The molecular weight excluding hydrogens is 392 g/mol. The third-order valence-electron chi connectivity index (χ3n) is 4.88. The highest BCUT2D eigenvalue weighted by Crippen LogP contribution is 2.33. The van der Waals surface area contributed by atoms with E-state index in [9.17, 15) is 14.4 Å². The smallest absolute Gasteiger partial charge is 0.341 e. The van der Waals surface area contributed by atoms with Crippen LogP contribution in [0.1, 0.15) is 66.8 Å².